The summed E-state index contributed by atoms with van der Waals surface area (Å²) in [6.07, 6.45) is 2.35. The van der Waals surface area contributed by atoms with E-state index in [1.165, 1.54) is 0 Å². The Balaban J connectivity index is 1.51. The van der Waals surface area contributed by atoms with E-state index in [0.29, 0.717) is 12.6 Å². The Morgan fingerprint density at radius 1 is 1.13 bits per heavy atom. The van der Waals surface area contributed by atoms with Crippen LogP contribution < -0.4 is 10.1 Å². The molecule has 1 aliphatic heterocycles. The van der Waals surface area contributed by atoms with Crippen molar-refractivity contribution in [3.8, 4) is 5.75 Å². The molecular formula is C18H18N2O3. The maximum Gasteiger partial charge on any atom is 0.300 e. The lowest BCUT2D eigenvalue weighted by atomic mass is 10.2. The summed E-state index contributed by atoms with van der Waals surface area (Å²) in [4.78, 5) is 4.43. The number of nitrogens with one attached hydrogen (secondary N) is 1. The summed E-state index contributed by atoms with van der Waals surface area (Å²) in [5, 5.41) is 3.19. The largest absolute Gasteiger partial charge is 0.489 e. The number of hydrogen-bond acceptors (Lipinski definition) is 5. The quantitative estimate of drug-likeness (QED) is 0.768. The zero-order valence-corrected chi connectivity index (χ0v) is 12.7. The molecule has 2 aromatic carbocycles. The molecule has 4 rings (SSSR count). The minimum absolute atomic E-state index is 0.187. The molecule has 1 fully saturated rings. The van der Waals surface area contributed by atoms with Crippen LogP contribution in [0, 0.1) is 0 Å². The molecule has 2 heterocycles. The van der Waals surface area contributed by atoms with Gasteiger partial charge >= 0.3 is 0 Å². The van der Waals surface area contributed by atoms with Crippen molar-refractivity contribution in [2.24, 2.45) is 0 Å². The highest BCUT2D eigenvalue weighted by molar-refractivity contribution is 5.75. The average Bonchev–Trinajstić information content (AvgIpc) is 3.23. The van der Waals surface area contributed by atoms with Crippen LogP contribution in [0.25, 0.3) is 11.1 Å². The van der Waals surface area contributed by atoms with Crippen LogP contribution in [0.1, 0.15) is 12.8 Å². The van der Waals surface area contributed by atoms with Crippen LogP contribution in [0.3, 0.4) is 0 Å². The molecular weight excluding hydrogens is 292 g/mol. The summed E-state index contributed by atoms with van der Waals surface area (Å²) in [5.74, 6) is 0.769. The number of fused-ring (bicyclic) bond motifs is 1. The summed E-state index contributed by atoms with van der Waals surface area (Å²) in [6.45, 7) is 1.39. The second-order valence-corrected chi connectivity index (χ2v) is 5.55. The number of ether oxygens (including phenoxy) is 2. The second-order valence-electron chi connectivity index (χ2n) is 5.55. The lowest BCUT2D eigenvalue weighted by molar-refractivity contribution is 0.0682. The summed E-state index contributed by atoms with van der Waals surface area (Å²) >= 11 is 0. The Morgan fingerprint density at radius 2 is 2.00 bits per heavy atom. The average molecular weight is 310 g/mol. The normalized spacial score (nSPS) is 17.5. The van der Waals surface area contributed by atoms with E-state index in [4.69, 9.17) is 13.9 Å². The van der Waals surface area contributed by atoms with Gasteiger partial charge in [0.1, 0.15) is 17.9 Å². The summed E-state index contributed by atoms with van der Waals surface area (Å²) in [6, 6.07) is 15.9. The van der Waals surface area contributed by atoms with Crippen LogP contribution in [-0.2, 0) is 4.74 Å². The molecule has 0 saturated carbocycles. The van der Waals surface area contributed by atoms with Crippen LogP contribution in [0.15, 0.2) is 52.9 Å². The monoisotopic (exact) mass is 310 g/mol. The number of nitrogens with zero attached hydrogens (tertiary/aromatic N) is 1. The van der Waals surface area contributed by atoms with Gasteiger partial charge in [0.25, 0.3) is 6.01 Å². The van der Waals surface area contributed by atoms with Crippen molar-refractivity contribution < 1.29 is 13.9 Å². The molecule has 1 aromatic heterocycles. The Labute approximate surface area is 134 Å². The zero-order valence-electron chi connectivity index (χ0n) is 12.7. The van der Waals surface area contributed by atoms with Gasteiger partial charge in [-0.15, -0.1) is 0 Å². The third-order valence-corrected chi connectivity index (χ3v) is 3.87. The number of para-hydroxylation sites is 4. The molecule has 3 aromatic rings. The van der Waals surface area contributed by atoms with Gasteiger partial charge in [-0.25, -0.2) is 0 Å². The van der Waals surface area contributed by atoms with Crippen molar-refractivity contribution in [1.82, 2.24) is 4.98 Å². The summed E-state index contributed by atoms with van der Waals surface area (Å²) < 4.78 is 17.2. The third-order valence-electron chi connectivity index (χ3n) is 3.87. The number of rotatable bonds is 5. The molecule has 0 spiro atoms. The molecule has 5 heteroatoms. The van der Waals surface area contributed by atoms with Gasteiger partial charge in [0.2, 0.25) is 0 Å². The molecule has 0 radical (unpaired) electrons. The molecule has 23 heavy (non-hydrogen) atoms. The van der Waals surface area contributed by atoms with Gasteiger partial charge in [-0.1, -0.05) is 24.3 Å². The van der Waals surface area contributed by atoms with Crippen molar-refractivity contribution in [2.45, 2.75) is 18.9 Å². The molecule has 0 bridgehead atoms. The fourth-order valence-electron chi connectivity index (χ4n) is 2.70. The molecule has 0 amide bonds. The van der Waals surface area contributed by atoms with Crippen molar-refractivity contribution in [3.63, 3.8) is 0 Å². The fourth-order valence-corrected chi connectivity index (χ4v) is 2.70. The van der Waals surface area contributed by atoms with E-state index < -0.39 is 0 Å². The lowest BCUT2D eigenvalue weighted by Crippen LogP contribution is -2.16. The minimum atomic E-state index is 0.187. The van der Waals surface area contributed by atoms with E-state index in [0.717, 1.165) is 42.0 Å². The number of anilines is 2. The smallest absolute Gasteiger partial charge is 0.300 e. The van der Waals surface area contributed by atoms with Gasteiger partial charge in [0, 0.05) is 6.61 Å². The zero-order chi connectivity index (χ0) is 15.5. The standard InChI is InChI=1S/C18H18N2O3/c1-3-9-16(22-12-13-6-5-11-21-13)14(7-1)19-18-20-15-8-2-4-10-17(15)23-18/h1-4,7-10,13H,5-6,11-12H2,(H,19,20). The highest BCUT2D eigenvalue weighted by Gasteiger charge is 2.17. The van der Waals surface area contributed by atoms with Crippen LogP contribution >= 0.6 is 0 Å². The number of benzene rings is 2. The van der Waals surface area contributed by atoms with E-state index in [1.807, 2.05) is 48.5 Å². The highest BCUT2D eigenvalue weighted by atomic mass is 16.5. The first-order valence-electron chi connectivity index (χ1n) is 7.84. The predicted molar refractivity (Wildman–Crippen MR) is 88.2 cm³/mol. The first-order valence-corrected chi connectivity index (χ1v) is 7.84. The molecule has 5 nitrogen and oxygen atoms in total. The van der Waals surface area contributed by atoms with Gasteiger partial charge in [0.15, 0.2) is 5.58 Å². The summed E-state index contributed by atoms with van der Waals surface area (Å²) in [7, 11) is 0. The Kier molecular flexibility index (Phi) is 3.86. The van der Waals surface area contributed by atoms with Crippen LogP contribution in [0.4, 0.5) is 11.7 Å². The van der Waals surface area contributed by atoms with Crippen molar-refractivity contribution in [1.29, 1.82) is 0 Å². The highest BCUT2D eigenvalue weighted by Crippen LogP contribution is 2.29. The first-order chi connectivity index (χ1) is 11.4. The van der Waals surface area contributed by atoms with Gasteiger partial charge in [0.05, 0.1) is 11.8 Å². The maximum absolute atomic E-state index is 5.91. The van der Waals surface area contributed by atoms with Gasteiger partial charge < -0.3 is 19.2 Å². The molecule has 1 aliphatic rings. The number of oxazole rings is 1. The van der Waals surface area contributed by atoms with Crippen LogP contribution in [-0.4, -0.2) is 24.3 Å². The van der Waals surface area contributed by atoms with Crippen molar-refractivity contribution >= 4 is 22.8 Å². The van der Waals surface area contributed by atoms with Gasteiger partial charge in [-0.2, -0.15) is 4.98 Å². The van der Waals surface area contributed by atoms with Gasteiger partial charge in [-0.05, 0) is 37.1 Å². The van der Waals surface area contributed by atoms with E-state index in [1.54, 1.807) is 0 Å². The Hall–Kier alpha value is -2.53. The maximum atomic E-state index is 5.91. The Bertz CT molecular complexity index is 761. The van der Waals surface area contributed by atoms with E-state index >= 15 is 0 Å². The third kappa shape index (κ3) is 3.14. The summed E-state index contributed by atoms with van der Waals surface area (Å²) in [5.41, 5.74) is 2.41. The molecule has 1 unspecified atom stereocenters. The predicted octanol–water partition coefficient (Wildman–Crippen LogP) is 4.13. The molecule has 1 saturated heterocycles. The minimum Gasteiger partial charge on any atom is -0.489 e. The first kappa shape index (κ1) is 14.1. The van der Waals surface area contributed by atoms with Crippen molar-refractivity contribution in [2.75, 3.05) is 18.5 Å². The lowest BCUT2D eigenvalue weighted by Gasteiger charge is -2.14. The van der Waals surface area contributed by atoms with Crippen LogP contribution in [0.5, 0.6) is 5.75 Å². The van der Waals surface area contributed by atoms with Gasteiger partial charge in [-0.3, -0.25) is 0 Å². The van der Waals surface area contributed by atoms with Crippen LogP contribution in [0.2, 0.25) is 0 Å². The molecule has 118 valence electrons. The molecule has 1 atom stereocenters. The number of aromatic nitrogens is 1. The second kappa shape index (κ2) is 6.30. The van der Waals surface area contributed by atoms with E-state index in [9.17, 15) is 0 Å². The molecule has 0 aliphatic carbocycles. The number of hydrogen-bond donors (Lipinski definition) is 1. The van der Waals surface area contributed by atoms with E-state index in [-0.39, 0.29) is 6.10 Å². The fraction of sp³-hybridized carbons (Fsp3) is 0.278. The van der Waals surface area contributed by atoms with E-state index in [2.05, 4.69) is 10.3 Å². The SMILES string of the molecule is c1ccc(OCC2CCCO2)c(Nc2nc3ccccc3o2)c1. The topological polar surface area (TPSA) is 56.5 Å². The molecule has 1 N–H and O–H groups in total. The Morgan fingerprint density at radius 3 is 2.87 bits per heavy atom. The van der Waals surface area contributed by atoms with Crippen molar-refractivity contribution in [3.05, 3.63) is 48.5 Å².